The van der Waals surface area contributed by atoms with Crippen LogP contribution in [0.3, 0.4) is 0 Å². The molecule has 0 aromatic carbocycles. The summed E-state index contributed by atoms with van der Waals surface area (Å²) in [5.41, 5.74) is -0.810. The number of ether oxygens (including phenoxy) is 1. The van der Waals surface area contributed by atoms with Gasteiger partial charge < -0.3 is 20.3 Å². The highest BCUT2D eigenvalue weighted by molar-refractivity contribution is 4.86. The first-order valence-electron chi connectivity index (χ1n) is 6.31. The second-order valence-electron chi connectivity index (χ2n) is 4.81. The van der Waals surface area contributed by atoms with Crippen molar-refractivity contribution in [2.45, 2.75) is 57.3 Å². The van der Waals surface area contributed by atoms with Gasteiger partial charge in [0.25, 0.3) is 0 Å². The molecule has 2 unspecified atom stereocenters. The molecule has 1 saturated heterocycles. The van der Waals surface area contributed by atoms with Gasteiger partial charge in [-0.2, -0.15) is 0 Å². The molecule has 1 heterocycles. The molecule has 0 aliphatic carbocycles. The number of nitrogens with one attached hydrogen (secondary N) is 1. The van der Waals surface area contributed by atoms with E-state index in [2.05, 4.69) is 19.2 Å². The molecular formula is C12H25NO3. The average Bonchev–Trinajstić information content (AvgIpc) is 2.66. The molecule has 0 saturated carbocycles. The Bertz CT molecular complexity index is 189. The Morgan fingerprint density at radius 1 is 1.38 bits per heavy atom. The molecule has 0 bridgehead atoms. The van der Waals surface area contributed by atoms with Gasteiger partial charge >= 0.3 is 0 Å². The zero-order chi connectivity index (χ0) is 12.0. The third-order valence-electron chi connectivity index (χ3n) is 3.33. The predicted octanol–water partition coefficient (Wildman–Crippen LogP) is 0.667. The normalized spacial score (nSPS) is 27.6. The fourth-order valence-corrected chi connectivity index (χ4v) is 2.15. The van der Waals surface area contributed by atoms with Crippen LogP contribution in [0, 0.1) is 0 Å². The van der Waals surface area contributed by atoms with Crippen molar-refractivity contribution < 1.29 is 14.9 Å². The van der Waals surface area contributed by atoms with Crippen LogP contribution in [-0.4, -0.2) is 47.7 Å². The lowest BCUT2D eigenvalue weighted by atomic mass is 9.95. The van der Waals surface area contributed by atoms with Gasteiger partial charge in [-0.25, -0.2) is 0 Å². The highest BCUT2D eigenvalue weighted by atomic mass is 16.5. The van der Waals surface area contributed by atoms with Crippen molar-refractivity contribution in [3.05, 3.63) is 0 Å². The molecule has 1 aliphatic heterocycles. The van der Waals surface area contributed by atoms with Gasteiger partial charge in [-0.1, -0.05) is 13.8 Å². The Balaban J connectivity index is 2.22. The van der Waals surface area contributed by atoms with Crippen LogP contribution in [0.2, 0.25) is 0 Å². The summed E-state index contributed by atoms with van der Waals surface area (Å²) in [6, 6.07) is 0.462. The van der Waals surface area contributed by atoms with Crippen molar-refractivity contribution in [1.29, 1.82) is 0 Å². The van der Waals surface area contributed by atoms with Crippen LogP contribution in [0.4, 0.5) is 0 Å². The Kier molecular flexibility index (Phi) is 5.69. The van der Waals surface area contributed by atoms with Crippen molar-refractivity contribution in [3.63, 3.8) is 0 Å². The molecule has 16 heavy (non-hydrogen) atoms. The Morgan fingerprint density at radius 2 is 2.06 bits per heavy atom. The van der Waals surface area contributed by atoms with E-state index < -0.39 is 11.7 Å². The van der Waals surface area contributed by atoms with E-state index in [1.165, 1.54) is 0 Å². The zero-order valence-electron chi connectivity index (χ0n) is 10.4. The molecule has 2 atom stereocenters. The molecule has 1 aliphatic rings. The van der Waals surface area contributed by atoms with Crippen molar-refractivity contribution in [2.24, 2.45) is 0 Å². The molecule has 0 radical (unpaired) electrons. The molecule has 96 valence electrons. The fraction of sp³-hybridized carbons (Fsp3) is 1.00. The van der Waals surface area contributed by atoms with E-state index in [4.69, 9.17) is 4.74 Å². The summed E-state index contributed by atoms with van der Waals surface area (Å²) in [6.45, 7) is 5.77. The maximum absolute atomic E-state index is 10.0. The third-order valence-corrected chi connectivity index (χ3v) is 3.33. The van der Waals surface area contributed by atoms with Crippen molar-refractivity contribution in [3.8, 4) is 0 Å². The first kappa shape index (κ1) is 13.9. The van der Waals surface area contributed by atoms with Crippen LogP contribution in [0.25, 0.3) is 0 Å². The Hall–Kier alpha value is -0.160. The van der Waals surface area contributed by atoms with Crippen molar-refractivity contribution in [1.82, 2.24) is 5.32 Å². The van der Waals surface area contributed by atoms with Crippen LogP contribution in [0.15, 0.2) is 0 Å². The van der Waals surface area contributed by atoms with Gasteiger partial charge in [0, 0.05) is 32.0 Å². The lowest BCUT2D eigenvalue weighted by Gasteiger charge is -2.25. The molecule has 4 nitrogen and oxygen atoms in total. The average molecular weight is 231 g/mol. The molecule has 1 rings (SSSR count). The van der Waals surface area contributed by atoms with Crippen molar-refractivity contribution >= 4 is 0 Å². The molecule has 4 heteroatoms. The minimum Gasteiger partial charge on any atom is -0.392 e. The second kappa shape index (κ2) is 6.55. The molecule has 0 aromatic heterocycles. The van der Waals surface area contributed by atoms with Crippen LogP contribution in [0.5, 0.6) is 0 Å². The minimum atomic E-state index is -0.810. The summed E-state index contributed by atoms with van der Waals surface area (Å²) in [5.74, 6) is 0. The smallest absolute Gasteiger partial charge is 0.0927 e. The van der Waals surface area contributed by atoms with E-state index >= 15 is 0 Å². The van der Waals surface area contributed by atoms with Gasteiger partial charge in [-0.05, 0) is 12.8 Å². The number of hydrogen-bond acceptors (Lipinski definition) is 4. The third kappa shape index (κ3) is 4.37. The van der Waals surface area contributed by atoms with Crippen LogP contribution in [0.1, 0.15) is 39.5 Å². The highest BCUT2D eigenvalue weighted by Gasteiger charge is 2.34. The standard InChI is InChI=1S/C12H25NO3/c1-3-10(4-2)13-8-11(14)7-12(15)5-6-16-9-12/h10-11,13-15H,3-9H2,1-2H3. The zero-order valence-corrected chi connectivity index (χ0v) is 10.4. The lowest BCUT2D eigenvalue weighted by molar-refractivity contribution is -0.0169. The summed E-state index contributed by atoms with van der Waals surface area (Å²) in [5, 5.41) is 23.2. The van der Waals surface area contributed by atoms with Gasteiger partial charge in [-0.3, -0.25) is 0 Å². The van der Waals surface area contributed by atoms with Gasteiger partial charge in [0.05, 0.1) is 18.3 Å². The maximum atomic E-state index is 10.0. The first-order chi connectivity index (χ1) is 7.59. The number of hydrogen-bond donors (Lipinski definition) is 3. The summed E-state index contributed by atoms with van der Waals surface area (Å²) in [7, 11) is 0. The van der Waals surface area contributed by atoms with Gasteiger partial charge in [-0.15, -0.1) is 0 Å². The quantitative estimate of drug-likeness (QED) is 0.602. The molecule has 3 N–H and O–H groups in total. The van der Waals surface area contributed by atoms with Crippen LogP contribution < -0.4 is 5.32 Å². The number of aliphatic hydroxyl groups is 2. The largest absolute Gasteiger partial charge is 0.392 e. The molecule has 0 aromatic rings. The second-order valence-corrected chi connectivity index (χ2v) is 4.81. The predicted molar refractivity (Wildman–Crippen MR) is 63.4 cm³/mol. The monoisotopic (exact) mass is 231 g/mol. The van der Waals surface area contributed by atoms with E-state index in [9.17, 15) is 10.2 Å². The topological polar surface area (TPSA) is 61.7 Å². The van der Waals surface area contributed by atoms with Gasteiger partial charge in [0.2, 0.25) is 0 Å². The van der Waals surface area contributed by atoms with Crippen LogP contribution in [-0.2, 0) is 4.74 Å². The van der Waals surface area contributed by atoms with E-state index in [0.717, 1.165) is 12.8 Å². The van der Waals surface area contributed by atoms with E-state index in [-0.39, 0.29) is 0 Å². The number of rotatable bonds is 7. The summed E-state index contributed by atoms with van der Waals surface area (Å²) < 4.78 is 5.15. The van der Waals surface area contributed by atoms with Gasteiger partial charge in [0.15, 0.2) is 0 Å². The Labute approximate surface area is 98.0 Å². The Morgan fingerprint density at radius 3 is 2.56 bits per heavy atom. The number of aliphatic hydroxyl groups excluding tert-OH is 1. The van der Waals surface area contributed by atoms with E-state index in [0.29, 0.717) is 38.6 Å². The SMILES string of the molecule is CCC(CC)NCC(O)CC1(O)CCOC1. The van der Waals surface area contributed by atoms with Crippen molar-refractivity contribution in [2.75, 3.05) is 19.8 Å². The minimum absolute atomic E-state index is 0.356. The molecular weight excluding hydrogens is 206 g/mol. The summed E-state index contributed by atoms with van der Waals surface area (Å²) in [4.78, 5) is 0. The molecule has 1 fully saturated rings. The maximum Gasteiger partial charge on any atom is 0.0927 e. The first-order valence-corrected chi connectivity index (χ1v) is 6.31. The van der Waals surface area contributed by atoms with Crippen LogP contribution >= 0.6 is 0 Å². The van der Waals surface area contributed by atoms with Gasteiger partial charge in [0.1, 0.15) is 0 Å². The summed E-state index contributed by atoms with van der Waals surface area (Å²) in [6.07, 6.45) is 2.68. The van der Waals surface area contributed by atoms with E-state index in [1.54, 1.807) is 0 Å². The highest BCUT2D eigenvalue weighted by Crippen LogP contribution is 2.23. The lowest BCUT2D eigenvalue weighted by Crippen LogP contribution is -2.40. The fourth-order valence-electron chi connectivity index (χ4n) is 2.15. The molecule has 0 spiro atoms. The summed E-state index contributed by atoms with van der Waals surface area (Å²) >= 11 is 0. The molecule has 0 amide bonds. The van der Waals surface area contributed by atoms with E-state index in [1.807, 2.05) is 0 Å².